The minimum atomic E-state index is -1.04. The molecule has 3 unspecified atom stereocenters. The Morgan fingerprint density at radius 1 is 1.15 bits per heavy atom. The van der Waals surface area contributed by atoms with Crippen molar-refractivity contribution in [3.05, 3.63) is 29.6 Å². The number of carboxylic acid groups (broad SMARTS) is 1. The van der Waals surface area contributed by atoms with Gasteiger partial charge in [0.15, 0.2) is 0 Å². The van der Waals surface area contributed by atoms with Crippen LogP contribution in [0.15, 0.2) is 18.2 Å². The second kappa shape index (κ2) is 6.94. The van der Waals surface area contributed by atoms with E-state index in [1.807, 2.05) is 0 Å². The van der Waals surface area contributed by atoms with E-state index in [2.05, 4.69) is 0 Å². The van der Waals surface area contributed by atoms with Crippen molar-refractivity contribution in [1.29, 1.82) is 0 Å². The molecule has 0 aromatic heterocycles. The van der Waals surface area contributed by atoms with Gasteiger partial charge in [0.2, 0.25) is 5.91 Å². The number of benzene rings is 1. The number of fused-ring (bicyclic) bond motifs is 1. The van der Waals surface area contributed by atoms with Gasteiger partial charge in [0, 0.05) is 24.7 Å². The number of hydrogen-bond donors (Lipinski definition) is 1. The third kappa shape index (κ3) is 3.09. The normalized spacial score (nSPS) is 27.7. The summed E-state index contributed by atoms with van der Waals surface area (Å²) in [4.78, 5) is 39.9. The van der Waals surface area contributed by atoms with E-state index < -0.39 is 23.7 Å². The fourth-order valence-corrected chi connectivity index (χ4v) is 4.88. The van der Waals surface area contributed by atoms with Crippen LogP contribution in [0.25, 0.3) is 0 Å². The molecule has 144 valence electrons. The fourth-order valence-electron chi connectivity index (χ4n) is 4.88. The summed E-state index contributed by atoms with van der Waals surface area (Å²) in [6.45, 7) is 0.546. The molecule has 7 heteroatoms. The van der Waals surface area contributed by atoms with E-state index in [1.165, 1.54) is 23.1 Å². The standard InChI is InChI=1S/C20H23FN2O4/c21-15-8-7-13(22-9-3-6-18(22)24)11-14(15)19(25)23-16-5-2-1-4-12(16)10-17(23)20(26)27/h7-8,11-12,16-17H,1-6,9-10H2,(H,26,27). The van der Waals surface area contributed by atoms with Crippen LogP contribution in [0.2, 0.25) is 0 Å². The monoisotopic (exact) mass is 374 g/mol. The number of hydrogen-bond acceptors (Lipinski definition) is 3. The molecule has 0 radical (unpaired) electrons. The van der Waals surface area contributed by atoms with Gasteiger partial charge in [0.05, 0.1) is 5.56 Å². The Labute approximate surface area is 156 Å². The molecule has 2 heterocycles. The van der Waals surface area contributed by atoms with Gasteiger partial charge in [-0.15, -0.1) is 0 Å². The van der Waals surface area contributed by atoms with Crippen molar-refractivity contribution in [1.82, 2.24) is 4.90 Å². The van der Waals surface area contributed by atoms with E-state index in [1.54, 1.807) is 4.90 Å². The maximum absolute atomic E-state index is 14.5. The van der Waals surface area contributed by atoms with Crippen molar-refractivity contribution in [2.75, 3.05) is 11.4 Å². The third-order valence-electron chi connectivity index (χ3n) is 6.17. The van der Waals surface area contributed by atoms with Crippen molar-refractivity contribution in [3.63, 3.8) is 0 Å². The number of aliphatic carboxylic acids is 1. The summed E-state index contributed by atoms with van der Waals surface area (Å²) in [5, 5.41) is 9.62. The van der Waals surface area contributed by atoms with Gasteiger partial charge in [-0.3, -0.25) is 9.59 Å². The van der Waals surface area contributed by atoms with Crippen LogP contribution in [0.1, 0.15) is 55.3 Å². The molecular weight excluding hydrogens is 351 g/mol. The van der Waals surface area contributed by atoms with E-state index in [-0.39, 0.29) is 23.4 Å². The SMILES string of the molecule is O=C(O)C1CC2CCCCC2N1C(=O)c1cc(N2CCCC2=O)ccc1F. The molecule has 2 aliphatic heterocycles. The molecule has 3 atom stereocenters. The highest BCUT2D eigenvalue weighted by Gasteiger charge is 2.48. The van der Waals surface area contributed by atoms with Crippen molar-refractivity contribution < 1.29 is 23.9 Å². The van der Waals surface area contributed by atoms with Crippen LogP contribution in [0.3, 0.4) is 0 Å². The zero-order valence-corrected chi connectivity index (χ0v) is 15.1. The van der Waals surface area contributed by atoms with Gasteiger partial charge in [0.1, 0.15) is 11.9 Å². The van der Waals surface area contributed by atoms with Crippen LogP contribution in [-0.4, -0.2) is 46.4 Å². The van der Waals surface area contributed by atoms with Crippen LogP contribution in [0.4, 0.5) is 10.1 Å². The largest absolute Gasteiger partial charge is 0.480 e. The lowest BCUT2D eigenvalue weighted by atomic mass is 9.84. The number of amides is 2. The molecule has 1 saturated carbocycles. The summed E-state index contributed by atoms with van der Waals surface area (Å²) in [5.41, 5.74) is 0.346. The Morgan fingerprint density at radius 3 is 2.63 bits per heavy atom. The van der Waals surface area contributed by atoms with E-state index in [9.17, 15) is 23.9 Å². The topological polar surface area (TPSA) is 77.9 Å². The van der Waals surface area contributed by atoms with E-state index in [0.29, 0.717) is 25.1 Å². The highest BCUT2D eigenvalue weighted by molar-refractivity contribution is 6.00. The molecule has 6 nitrogen and oxygen atoms in total. The van der Waals surface area contributed by atoms with E-state index in [4.69, 9.17) is 0 Å². The summed E-state index contributed by atoms with van der Waals surface area (Å²) in [5.74, 6) is -2.18. The molecule has 0 spiro atoms. The Kier molecular flexibility index (Phi) is 4.61. The van der Waals surface area contributed by atoms with Crippen molar-refractivity contribution in [2.24, 2.45) is 5.92 Å². The first-order valence-electron chi connectivity index (χ1n) is 9.62. The molecule has 1 aromatic carbocycles. The van der Waals surface area contributed by atoms with Gasteiger partial charge < -0.3 is 14.9 Å². The molecule has 2 saturated heterocycles. The number of halogens is 1. The molecule has 2 amide bonds. The van der Waals surface area contributed by atoms with Gasteiger partial charge in [-0.1, -0.05) is 12.8 Å². The number of anilines is 1. The molecule has 1 N–H and O–H groups in total. The summed E-state index contributed by atoms with van der Waals surface area (Å²) in [6, 6.07) is 3.03. The number of rotatable bonds is 3. The van der Waals surface area contributed by atoms with Gasteiger partial charge >= 0.3 is 5.97 Å². The first kappa shape index (κ1) is 17.9. The van der Waals surface area contributed by atoms with Crippen molar-refractivity contribution in [2.45, 2.75) is 57.0 Å². The predicted octanol–water partition coefficient (Wildman–Crippen LogP) is 2.81. The smallest absolute Gasteiger partial charge is 0.326 e. The second-order valence-electron chi connectivity index (χ2n) is 7.73. The Morgan fingerprint density at radius 2 is 1.93 bits per heavy atom. The lowest BCUT2D eigenvalue weighted by molar-refractivity contribution is -0.141. The summed E-state index contributed by atoms with van der Waals surface area (Å²) >= 11 is 0. The average Bonchev–Trinajstić information content (AvgIpc) is 3.25. The average molecular weight is 374 g/mol. The first-order valence-corrected chi connectivity index (χ1v) is 9.62. The zero-order chi connectivity index (χ0) is 19.1. The molecular formula is C20H23FN2O4. The van der Waals surface area contributed by atoms with Gasteiger partial charge in [0.25, 0.3) is 5.91 Å². The third-order valence-corrected chi connectivity index (χ3v) is 6.17. The van der Waals surface area contributed by atoms with Gasteiger partial charge in [-0.2, -0.15) is 0 Å². The maximum atomic E-state index is 14.5. The molecule has 1 aromatic rings. The minimum Gasteiger partial charge on any atom is -0.480 e. The number of carboxylic acids is 1. The maximum Gasteiger partial charge on any atom is 0.326 e. The predicted molar refractivity (Wildman–Crippen MR) is 95.9 cm³/mol. The Balaban J connectivity index is 1.68. The molecule has 1 aliphatic carbocycles. The number of likely N-dealkylation sites (tertiary alicyclic amines) is 1. The number of carbonyl (C=O) groups excluding carboxylic acids is 2. The van der Waals surface area contributed by atoms with Crippen LogP contribution in [-0.2, 0) is 9.59 Å². The van der Waals surface area contributed by atoms with Crippen LogP contribution in [0, 0.1) is 11.7 Å². The van der Waals surface area contributed by atoms with E-state index >= 15 is 0 Å². The van der Waals surface area contributed by atoms with Crippen LogP contribution >= 0.6 is 0 Å². The molecule has 0 bridgehead atoms. The molecule has 4 rings (SSSR count). The quantitative estimate of drug-likeness (QED) is 0.883. The summed E-state index contributed by atoms with van der Waals surface area (Å²) in [6.07, 6.45) is 5.25. The zero-order valence-electron chi connectivity index (χ0n) is 15.1. The van der Waals surface area contributed by atoms with Gasteiger partial charge in [-0.25, -0.2) is 9.18 Å². The van der Waals surface area contributed by atoms with Crippen molar-refractivity contribution in [3.8, 4) is 0 Å². The molecule has 27 heavy (non-hydrogen) atoms. The highest BCUT2D eigenvalue weighted by atomic mass is 19.1. The number of carbonyl (C=O) groups is 3. The Bertz CT molecular complexity index is 796. The number of nitrogens with zero attached hydrogens (tertiary/aromatic N) is 2. The van der Waals surface area contributed by atoms with E-state index in [0.717, 1.165) is 32.1 Å². The molecule has 3 fully saturated rings. The lowest BCUT2D eigenvalue weighted by Gasteiger charge is -2.33. The Hall–Kier alpha value is -2.44. The lowest BCUT2D eigenvalue weighted by Crippen LogP contribution is -2.46. The second-order valence-corrected chi connectivity index (χ2v) is 7.73. The van der Waals surface area contributed by atoms with Crippen LogP contribution in [0.5, 0.6) is 0 Å². The van der Waals surface area contributed by atoms with Gasteiger partial charge in [-0.05, 0) is 49.8 Å². The highest BCUT2D eigenvalue weighted by Crippen LogP contribution is 2.41. The summed E-state index contributed by atoms with van der Waals surface area (Å²) in [7, 11) is 0. The first-order chi connectivity index (χ1) is 13.0. The fraction of sp³-hybridized carbons (Fsp3) is 0.550. The minimum absolute atomic E-state index is 0.0445. The summed E-state index contributed by atoms with van der Waals surface area (Å²) < 4.78 is 14.5. The van der Waals surface area contributed by atoms with Crippen molar-refractivity contribution >= 4 is 23.5 Å². The molecule has 3 aliphatic rings. The van der Waals surface area contributed by atoms with Crippen LogP contribution < -0.4 is 4.90 Å².